The highest BCUT2D eigenvalue weighted by Gasteiger charge is 2.37. The van der Waals surface area contributed by atoms with Gasteiger partial charge in [0.05, 0.1) is 0 Å². The van der Waals surface area contributed by atoms with Gasteiger partial charge in [-0.2, -0.15) is 0 Å². The molecule has 2 aliphatic rings. The Morgan fingerprint density at radius 3 is 2.31 bits per heavy atom. The lowest BCUT2D eigenvalue weighted by Gasteiger charge is -2.39. The molecule has 4 heteroatoms. The van der Waals surface area contributed by atoms with Crippen molar-refractivity contribution in [3.8, 4) is 0 Å². The summed E-state index contributed by atoms with van der Waals surface area (Å²) in [5, 5.41) is 9.59. The Hall–Kier alpha value is -2.62. The number of hydrogen-bond acceptors (Lipinski definition) is 2. The van der Waals surface area contributed by atoms with E-state index in [1.807, 2.05) is 30.3 Å². The molecule has 26 heavy (non-hydrogen) atoms. The second kappa shape index (κ2) is 6.94. The number of carboxylic acids is 1. The van der Waals surface area contributed by atoms with Gasteiger partial charge in [0.25, 0.3) is 0 Å². The number of carbonyl (C=O) groups excluding carboxylic acids is 1. The first kappa shape index (κ1) is 16.8. The average Bonchev–Trinajstić information content (AvgIpc) is 2.63. The van der Waals surface area contributed by atoms with Gasteiger partial charge in [-0.15, -0.1) is 0 Å². The fraction of sp³-hybridized carbons (Fsp3) is 0.364. The number of aliphatic carboxylic acids is 1. The van der Waals surface area contributed by atoms with E-state index in [2.05, 4.69) is 24.3 Å². The number of amides is 1. The second-order valence-corrected chi connectivity index (χ2v) is 7.50. The molecule has 1 atom stereocenters. The number of benzene rings is 2. The summed E-state index contributed by atoms with van der Waals surface area (Å²) >= 11 is 0. The summed E-state index contributed by atoms with van der Waals surface area (Å²) in [6, 6.07) is 17.5. The lowest BCUT2D eigenvalue weighted by atomic mass is 9.70. The van der Waals surface area contributed by atoms with E-state index >= 15 is 0 Å². The van der Waals surface area contributed by atoms with Gasteiger partial charge in [0, 0.05) is 19.4 Å². The molecule has 1 aliphatic carbocycles. The van der Waals surface area contributed by atoms with Crippen LogP contribution in [-0.4, -0.2) is 27.9 Å². The standard InChI is InChI=1S/C22H23NO3/c24-21(12-15-10-19(11-15)16-6-2-1-3-7-16)23-14-18-9-5-4-8-17(18)13-20(23)22(25)26/h1-9,15,19-20H,10-14H2,(H,25,26). The van der Waals surface area contributed by atoms with E-state index in [1.165, 1.54) is 5.56 Å². The highest BCUT2D eigenvalue weighted by Crippen LogP contribution is 2.43. The Kier molecular flexibility index (Phi) is 4.49. The number of rotatable bonds is 4. The number of carboxylic acid groups (broad SMARTS) is 1. The van der Waals surface area contributed by atoms with E-state index in [0.717, 1.165) is 24.0 Å². The molecule has 1 aliphatic heterocycles. The largest absolute Gasteiger partial charge is 0.480 e. The van der Waals surface area contributed by atoms with Gasteiger partial charge < -0.3 is 10.0 Å². The molecular formula is C22H23NO3. The van der Waals surface area contributed by atoms with Crippen molar-refractivity contribution in [2.24, 2.45) is 5.92 Å². The molecular weight excluding hydrogens is 326 g/mol. The van der Waals surface area contributed by atoms with Crippen LogP contribution in [0.4, 0.5) is 0 Å². The third-order valence-corrected chi connectivity index (χ3v) is 5.82. The Morgan fingerprint density at radius 1 is 0.962 bits per heavy atom. The van der Waals surface area contributed by atoms with Gasteiger partial charge in [-0.3, -0.25) is 4.79 Å². The first-order chi connectivity index (χ1) is 12.6. The summed E-state index contributed by atoms with van der Waals surface area (Å²) in [4.78, 5) is 26.1. The van der Waals surface area contributed by atoms with Crippen molar-refractivity contribution < 1.29 is 14.7 Å². The summed E-state index contributed by atoms with van der Waals surface area (Å²) in [6.07, 6.45) is 2.87. The third kappa shape index (κ3) is 3.24. The van der Waals surface area contributed by atoms with Crippen LogP contribution in [0.25, 0.3) is 0 Å². The molecule has 1 amide bonds. The Balaban J connectivity index is 1.40. The summed E-state index contributed by atoms with van der Waals surface area (Å²) in [5.74, 6) is -0.0438. The molecule has 2 aromatic rings. The maximum atomic E-state index is 12.8. The first-order valence-electron chi connectivity index (χ1n) is 9.26. The van der Waals surface area contributed by atoms with Gasteiger partial charge in [-0.05, 0) is 41.4 Å². The summed E-state index contributed by atoms with van der Waals surface area (Å²) in [5.41, 5.74) is 3.44. The first-order valence-corrected chi connectivity index (χ1v) is 9.26. The fourth-order valence-electron chi connectivity index (χ4n) is 4.27. The van der Waals surface area contributed by atoms with Crippen LogP contribution < -0.4 is 0 Å². The predicted octanol–water partition coefficient (Wildman–Crippen LogP) is 3.61. The molecule has 1 unspecified atom stereocenters. The smallest absolute Gasteiger partial charge is 0.326 e. The number of carbonyl (C=O) groups is 2. The van der Waals surface area contributed by atoms with Crippen molar-refractivity contribution in [1.29, 1.82) is 0 Å². The molecule has 0 radical (unpaired) electrons. The molecule has 134 valence electrons. The van der Waals surface area contributed by atoms with Crippen molar-refractivity contribution in [2.45, 2.75) is 44.2 Å². The van der Waals surface area contributed by atoms with Crippen molar-refractivity contribution in [2.75, 3.05) is 0 Å². The lowest BCUT2D eigenvalue weighted by molar-refractivity contribution is -0.152. The molecule has 0 bridgehead atoms. The molecule has 1 heterocycles. The highest BCUT2D eigenvalue weighted by molar-refractivity contribution is 5.84. The Morgan fingerprint density at radius 2 is 1.62 bits per heavy atom. The summed E-state index contributed by atoms with van der Waals surface area (Å²) < 4.78 is 0. The van der Waals surface area contributed by atoms with Crippen molar-refractivity contribution >= 4 is 11.9 Å². The van der Waals surface area contributed by atoms with Crippen LogP contribution in [0.5, 0.6) is 0 Å². The second-order valence-electron chi connectivity index (χ2n) is 7.50. The molecule has 1 saturated carbocycles. The molecule has 1 fully saturated rings. The monoisotopic (exact) mass is 349 g/mol. The summed E-state index contributed by atoms with van der Waals surface area (Å²) in [6.45, 7) is 0.404. The molecule has 2 aromatic carbocycles. The van der Waals surface area contributed by atoms with E-state index in [9.17, 15) is 14.7 Å². The minimum Gasteiger partial charge on any atom is -0.480 e. The van der Waals surface area contributed by atoms with Gasteiger partial charge in [0.1, 0.15) is 6.04 Å². The number of fused-ring (bicyclic) bond motifs is 1. The van der Waals surface area contributed by atoms with Crippen molar-refractivity contribution in [3.05, 3.63) is 71.3 Å². The van der Waals surface area contributed by atoms with Crippen LogP contribution in [0.3, 0.4) is 0 Å². The van der Waals surface area contributed by atoms with Crippen LogP contribution in [0, 0.1) is 5.92 Å². The Labute approximate surface area is 153 Å². The predicted molar refractivity (Wildman–Crippen MR) is 98.6 cm³/mol. The number of hydrogen-bond donors (Lipinski definition) is 1. The van der Waals surface area contributed by atoms with Crippen LogP contribution in [0.15, 0.2) is 54.6 Å². The third-order valence-electron chi connectivity index (χ3n) is 5.82. The van der Waals surface area contributed by atoms with Crippen LogP contribution in [-0.2, 0) is 22.6 Å². The zero-order chi connectivity index (χ0) is 18.1. The van der Waals surface area contributed by atoms with Gasteiger partial charge in [-0.25, -0.2) is 4.79 Å². The molecule has 0 aromatic heterocycles. The zero-order valence-corrected chi connectivity index (χ0v) is 14.7. The SMILES string of the molecule is O=C(O)C1Cc2ccccc2CN1C(=O)CC1CC(c2ccccc2)C1. The molecule has 0 saturated heterocycles. The van der Waals surface area contributed by atoms with Gasteiger partial charge in [0.15, 0.2) is 0 Å². The minimum atomic E-state index is -0.913. The van der Waals surface area contributed by atoms with E-state index in [-0.39, 0.29) is 5.91 Å². The van der Waals surface area contributed by atoms with E-state index in [1.54, 1.807) is 4.90 Å². The Bertz CT molecular complexity index is 811. The van der Waals surface area contributed by atoms with E-state index in [4.69, 9.17) is 0 Å². The van der Waals surface area contributed by atoms with Crippen LogP contribution in [0.1, 0.15) is 41.9 Å². The maximum Gasteiger partial charge on any atom is 0.326 e. The molecule has 0 spiro atoms. The topological polar surface area (TPSA) is 57.6 Å². The van der Waals surface area contributed by atoms with Gasteiger partial charge in [-0.1, -0.05) is 54.6 Å². The van der Waals surface area contributed by atoms with Gasteiger partial charge in [0.2, 0.25) is 5.91 Å². The normalized spacial score (nSPS) is 24.5. The van der Waals surface area contributed by atoms with E-state index < -0.39 is 12.0 Å². The minimum absolute atomic E-state index is 0.0246. The summed E-state index contributed by atoms with van der Waals surface area (Å²) in [7, 11) is 0. The van der Waals surface area contributed by atoms with Gasteiger partial charge >= 0.3 is 5.97 Å². The molecule has 1 N–H and O–H groups in total. The van der Waals surface area contributed by atoms with Crippen molar-refractivity contribution in [3.63, 3.8) is 0 Å². The molecule has 4 rings (SSSR count). The number of nitrogens with zero attached hydrogens (tertiary/aromatic N) is 1. The van der Waals surface area contributed by atoms with Crippen LogP contribution in [0.2, 0.25) is 0 Å². The zero-order valence-electron chi connectivity index (χ0n) is 14.7. The highest BCUT2D eigenvalue weighted by atomic mass is 16.4. The maximum absolute atomic E-state index is 12.8. The van der Waals surface area contributed by atoms with Crippen molar-refractivity contribution in [1.82, 2.24) is 4.90 Å². The average molecular weight is 349 g/mol. The lowest BCUT2D eigenvalue weighted by Crippen LogP contribution is -2.49. The molecule has 4 nitrogen and oxygen atoms in total. The fourth-order valence-corrected chi connectivity index (χ4v) is 4.27. The van der Waals surface area contributed by atoms with Crippen LogP contribution >= 0.6 is 0 Å². The quantitative estimate of drug-likeness (QED) is 0.917. The van der Waals surface area contributed by atoms with E-state index in [0.29, 0.717) is 31.2 Å².